The summed E-state index contributed by atoms with van der Waals surface area (Å²) in [4.78, 5) is 36.2. The fraction of sp³-hybridized carbons (Fsp3) is 0.333. The minimum Gasteiger partial charge on any atom is -0.355 e. The molecule has 0 bridgehead atoms. The lowest BCUT2D eigenvalue weighted by Crippen LogP contribution is -2.44. The highest BCUT2D eigenvalue weighted by atomic mass is 32.2. The van der Waals surface area contributed by atoms with Crippen molar-refractivity contribution >= 4 is 50.3 Å². The number of amidine groups is 2. The molecule has 0 radical (unpaired) electrons. The van der Waals surface area contributed by atoms with Gasteiger partial charge >= 0.3 is 0 Å². The molecule has 0 aromatic heterocycles. The monoisotopic (exact) mass is 513 g/mol. The molecular formula is C24H27N5O4S2. The molecule has 184 valence electrons. The average Bonchev–Trinajstić information content (AvgIpc) is 3.13. The van der Waals surface area contributed by atoms with E-state index in [-0.39, 0.29) is 22.5 Å². The SMILES string of the molecule is CC(C)CC1C(=O)N=C2c3ccccc3N=C(SCC(=O)NCCc3ccc(S(N)(=O)=O)cc3)N21. The third-order valence-electron chi connectivity index (χ3n) is 5.62. The number of nitrogens with two attached hydrogens (primary N) is 1. The quantitative estimate of drug-likeness (QED) is 0.557. The normalized spacial score (nSPS) is 17.1. The Hall–Kier alpha value is -3.02. The smallest absolute Gasteiger partial charge is 0.270 e. The Labute approximate surface area is 209 Å². The van der Waals surface area contributed by atoms with Crippen LogP contribution in [0.15, 0.2) is 63.4 Å². The maximum Gasteiger partial charge on any atom is 0.270 e. The molecule has 1 unspecified atom stereocenters. The summed E-state index contributed by atoms with van der Waals surface area (Å²) in [6.45, 7) is 4.51. The van der Waals surface area contributed by atoms with Crippen LogP contribution in [0.3, 0.4) is 0 Å². The van der Waals surface area contributed by atoms with Crippen LogP contribution in [0.2, 0.25) is 0 Å². The van der Waals surface area contributed by atoms with Crippen LogP contribution in [0.25, 0.3) is 0 Å². The van der Waals surface area contributed by atoms with E-state index in [0.29, 0.717) is 36.3 Å². The number of nitrogens with one attached hydrogen (secondary N) is 1. The highest BCUT2D eigenvalue weighted by molar-refractivity contribution is 8.14. The summed E-state index contributed by atoms with van der Waals surface area (Å²) in [6.07, 6.45) is 1.19. The maximum absolute atomic E-state index is 12.7. The van der Waals surface area contributed by atoms with Crippen molar-refractivity contribution in [2.24, 2.45) is 21.0 Å². The van der Waals surface area contributed by atoms with Gasteiger partial charge in [0, 0.05) is 12.1 Å². The third kappa shape index (κ3) is 5.80. The predicted molar refractivity (Wildman–Crippen MR) is 137 cm³/mol. The van der Waals surface area contributed by atoms with Gasteiger partial charge in [0.05, 0.1) is 16.3 Å². The Morgan fingerprint density at radius 2 is 1.86 bits per heavy atom. The second kappa shape index (κ2) is 10.3. The van der Waals surface area contributed by atoms with Crippen molar-refractivity contribution in [2.75, 3.05) is 12.3 Å². The highest BCUT2D eigenvalue weighted by Crippen LogP contribution is 2.35. The van der Waals surface area contributed by atoms with E-state index in [1.807, 2.05) is 29.2 Å². The first-order chi connectivity index (χ1) is 16.6. The first-order valence-electron chi connectivity index (χ1n) is 11.2. The summed E-state index contributed by atoms with van der Waals surface area (Å²) >= 11 is 1.28. The molecule has 2 aliphatic heterocycles. The molecule has 2 amide bonds. The summed E-state index contributed by atoms with van der Waals surface area (Å²) in [5, 5.41) is 8.58. The lowest BCUT2D eigenvalue weighted by molar-refractivity contribution is -0.120. The van der Waals surface area contributed by atoms with E-state index in [1.54, 1.807) is 12.1 Å². The topological polar surface area (TPSA) is 134 Å². The first kappa shape index (κ1) is 25.1. The number of para-hydroxylation sites is 1. The van der Waals surface area contributed by atoms with Crippen LogP contribution < -0.4 is 10.5 Å². The molecule has 35 heavy (non-hydrogen) atoms. The average molecular weight is 514 g/mol. The van der Waals surface area contributed by atoms with Crippen LogP contribution in [0, 0.1) is 5.92 Å². The van der Waals surface area contributed by atoms with Crippen molar-refractivity contribution in [2.45, 2.75) is 37.6 Å². The van der Waals surface area contributed by atoms with Crippen LogP contribution in [-0.4, -0.2) is 54.5 Å². The van der Waals surface area contributed by atoms with Crippen molar-refractivity contribution in [3.05, 3.63) is 59.7 Å². The second-order valence-corrected chi connectivity index (χ2v) is 11.3. The number of carbonyl (C=O) groups is 2. The molecule has 0 aliphatic carbocycles. The number of aliphatic imine (C=N–C) groups is 2. The Balaban J connectivity index is 1.39. The molecule has 2 heterocycles. The summed E-state index contributed by atoms with van der Waals surface area (Å²) in [6, 6.07) is 13.4. The zero-order chi connectivity index (χ0) is 25.2. The van der Waals surface area contributed by atoms with Crippen LogP contribution in [0.4, 0.5) is 5.69 Å². The van der Waals surface area contributed by atoms with Crippen LogP contribution in [-0.2, 0) is 26.0 Å². The minimum atomic E-state index is -3.73. The number of amides is 2. The van der Waals surface area contributed by atoms with Gasteiger partial charge in [0.2, 0.25) is 15.9 Å². The lowest BCUT2D eigenvalue weighted by atomic mass is 10.0. The van der Waals surface area contributed by atoms with Gasteiger partial charge < -0.3 is 5.32 Å². The largest absolute Gasteiger partial charge is 0.355 e. The number of thioether (sulfide) groups is 1. The number of rotatable bonds is 8. The number of sulfonamides is 1. The number of nitrogens with zero attached hydrogens (tertiary/aromatic N) is 3. The highest BCUT2D eigenvalue weighted by Gasteiger charge is 2.41. The van der Waals surface area contributed by atoms with Crippen LogP contribution in [0.5, 0.6) is 0 Å². The third-order valence-corrected chi connectivity index (χ3v) is 7.50. The Morgan fingerprint density at radius 1 is 1.14 bits per heavy atom. The molecule has 2 aromatic carbocycles. The Kier molecular flexibility index (Phi) is 7.39. The Bertz CT molecular complexity index is 1300. The van der Waals surface area contributed by atoms with Gasteiger partial charge in [-0.15, -0.1) is 0 Å². The number of hydrogen-bond acceptors (Lipinski definition) is 7. The van der Waals surface area contributed by atoms with Crippen molar-refractivity contribution in [1.82, 2.24) is 10.2 Å². The van der Waals surface area contributed by atoms with Gasteiger partial charge in [-0.25, -0.2) is 18.5 Å². The molecule has 1 atom stereocenters. The van der Waals surface area contributed by atoms with Crippen molar-refractivity contribution in [3.8, 4) is 0 Å². The van der Waals surface area contributed by atoms with Crippen LogP contribution in [0.1, 0.15) is 31.4 Å². The zero-order valence-corrected chi connectivity index (χ0v) is 21.1. The fourth-order valence-electron chi connectivity index (χ4n) is 3.95. The van der Waals surface area contributed by atoms with Gasteiger partial charge in [0.25, 0.3) is 5.91 Å². The molecule has 11 heteroatoms. The lowest BCUT2D eigenvalue weighted by Gasteiger charge is -2.31. The van der Waals surface area contributed by atoms with E-state index in [0.717, 1.165) is 16.8 Å². The number of primary sulfonamides is 1. The summed E-state index contributed by atoms with van der Waals surface area (Å²) in [5.41, 5.74) is 2.42. The molecule has 2 aromatic rings. The van der Waals surface area contributed by atoms with E-state index in [4.69, 9.17) is 10.1 Å². The van der Waals surface area contributed by atoms with Gasteiger partial charge in [-0.1, -0.05) is 49.9 Å². The number of hydrogen-bond donors (Lipinski definition) is 2. The van der Waals surface area contributed by atoms with E-state index in [1.165, 1.54) is 23.9 Å². The summed E-state index contributed by atoms with van der Waals surface area (Å²) in [7, 11) is -3.73. The number of benzene rings is 2. The van der Waals surface area contributed by atoms with E-state index in [9.17, 15) is 18.0 Å². The zero-order valence-electron chi connectivity index (χ0n) is 19.5. The molecule has 9 nitrogen and oxygen atoms in total. The first-order valence-corrected chi connectivity index (χ1v) is 13.8. The molecule has 3 N–H and O–H groups in total. The van der Waals surface area contributed by atoms with Gasteiger partial charge in [-0.2, -0.15) is 4.99 Å². The number of fused-ring (bicyclic) bond motifs is 3. The standard InChI is InChI=1S/C24H27N5O4S2/c1-15(2)13-20-23(31)28-22-18-5-3-4-6-19(18)27-24(29(20)22)34-14-21(30)26-12-11-16-7-9-17(10-8-16)35(25,32)33/h3-10,15,20H,11-14H2,1-2H3,(H,26,30)(H2,25,32,33). The molecule has 0 saturated heterocycles. The molecule has 0 saturated carbocycles. The summed E-state index contributed by atoms with van der Waals surface area (Å²) < 4.78 is 22.7. The predicted octanol–water partition coefficient (Wildman–Crippen LogP) is 2.43. The molecular weight excluding hydrogens is 486 g/mol. The molecule has 0 fully saturated rings. The van der Waals surface area contributed by atoms with Crippen LogP contribution >= 0.6 is 11.8 Å². The van der Waals surface area contributed by atoms with Gasteiger partial charge in [-0.05, 0) is 48.6 Å². The van der Waals surface area contributed by atoms with Gasteiger partial charge in [-0.3, -0.25) is 14.5 Å². The Morgan fingerprint density at radius 3 is 2.54 bits per heavy atom. The molecule has 2 aliphatic rings. The number of carbonyl (C=O) groups excluding carboxylic acids is 2. The molecule has 4 rings (SSSR count). The summed E-state index contributed by atoms with van der Waals surface area (Å²) in [5.74, 6) is 0.678. The van der Waals surface area contributed by atoms with Gasteiger partial charge in [0.1, 0.15) is 11.9 Å². The van der Waals surface area contributed by atoms with Crippen molar-refractivity contribution in [3.63, 3.8) is 0 Å². The van der Waals surface area contributed by atoms with Crippen molar-refractivity contribution in [1.29, 1.82) is 0 Å². The second-order valence-electron chi connectivity index (χ2n) is 8.78. The van der Waals surface area contributed by atoms with E-state index >= 15 is 0 Å². The molecule has 0 spiro atoms. The minimum absolute atomic E-state index is 0.0515. The van der Waals surface area contributed by atoms with Crippen molar-refractivity contribution < 1.29 is 18.0 Å². The van der Waals surface area contributed by atoms with E-state index < -0.39 is 16.1 Å². The fourth-order valence-corrected chi connectivity index (χ4v) is 5.34. The van der Waals surface area contributed by atoms with Gasteiger partial charge in [0.15, 0.2) is 5.17 Å². The van der Waals surface area contributed by atoms with E-state index in [2.05, 4.69) is 24.2 Å². The maximum atomic E-state index is 12.7.